The van der Waals surface area contributed by atoms with Crippen molar-refractivity contribution in [2.75, 3.05) is 25.5 Å². The number of alkyl halides is 1. The molecule has 1 rings (SSSR count). The molecule has 0 amide bonds. The van der Waals surface area contributed by atoms with Crippen LogP contribution < -0.4 is 0 Å². The molecule has 1 N–H and O–H groups in total. The predicted octanol–water partition coefficient (Wildman–Crippen LogP) is 1.33. The van der Waals surface area contributed by atoms with Gasteiger partial charge in [0.2, 0.25) is 0 Å². The fraction of sp³-hybridized carbons (Fsp3) is 0.833. The van der Waals surface area contributed by atoms with Crippen LogP contribution in [0.15, 0.2) is 0 Å². The van der Waals surface area contributed by atoms with Crippen molar-refractivity contribution in [2.45, 2.75) is 6.42 Å². The van der Waals surface area contributed by atoms with Crippen molar-refractivity contribution in [3.05, 3.63) is 0 Å². The third-order valence-corrected chi connectivity index (χ3v) is 2.37. The molecule has 0 spiro atoms. The van der Waals surface area contributed by atoms with Crippen LogP contribution in [0.1, 0.15) is 6.42 Å². The number of halogens is 1. The number of rotatable bonds is 3. The first kappa shape index (κ1) is 7.85. The van der Waals surface area contributed by atoms with E-state index in [1.54, 1.807) is 11.8 Å². The lowest BCUT2D eigenvalue weighted by atomic mass is 10.4. The van der Waals surface area contributed by atoms with Crippen molar-refractivity contribution in [1.82, 2.24) is 4.90 Å². The Kier molecular flexibility index (Phi) is 2.99. The van der Waals surface area contributed by atoms with Crippen LogP contribution in [0.4, 0.5) is 4.39 Å². The lowest BCUT2D eigenvalue weighted by molar-refractivity contribution is 0.392. The van der Waals surface area contributed by atoms with Gasteiger partial charge in [-0.1, -0.05) is 11.8 Å². The molecule has 1 fully saturated rings. The van der Waals surface area contributed by atoms with Gasteiger partial charge in [0.05, 0.1) is 6.67 Å². The first-order valence-electron chi connectivity index (χ1n) is 3.37. The number of hydrogen-bond donors (Lipinski definition) is 1. The zero-order valence-electron chi connectivity index (χ0n) is 5.77. The quantitative estimate of drug-likeness (QED) is 0.677. The number of hydrogen-bond acceptors (Lipinski definition) is 2. The van der Waals surface area contributed by atoms with Crippen molar-refractivity contribution in [1.29, 1.82) is 5.41 Å². The van der Waals surface area contributed by atoms with Gasteiger partial charge in [0.15, 0.2) is 5.17 Å². The summed E-state index contributed by atoms with van der Waals surface area (Å²) < 4.78 is 11.7. The summed E-state index contributed by atoms with van der Waals surface area (Å²) in [4.78, 5) is 1.92. The molecule has 1 heterocycles. The number of nitrogens with one attached hydrogen (secondary N) is 1. The van der Waals surface area contributed by atoms with Gasteiger partial charge in [0.25, 0.3) is 0 Å². The molecule has 0 saturated carbocycles. The second-order valence-electron chi connectivity index (χ2n) is 2.18. The molecule has 1 aliphatic rings. The average molecular weight is 162 g/mol. The molecule has 1 saturated heterocycles. The van der Waals surface area contributed by atoms with Gasteiger partial charge in [0, 0.05) is 18.8 Å². The Labute approximate surface area is 64.3 Å². The van der Waals surface area contributed by atoms with E-state index >= 15 is 0 Å². The summed E-state index contributed by atoms with van der Waals surface area (Å²) >= 11 is 1.54. The smallest absolute Gasteiger partial charge is 0.156 e. The molecule has 1 aliphatic heterocycles. The molecule has 0 atom stereocenters. The van der Waals surface area contributed by atoms with Crippen molar-refractivity contribution in [3.8, 4) is 0 Å². The topological polar surface area (TPSA) is 27.1 Å². The van der Waals surface area contributed by atoms with Gasteiger partial charge in [-0.15, -0.1) is 0 Å². The summed E-state index contributed by atoms with van der Waals surface area (Å²) in [6.45, 7) is 1.36. The maximum Gasteiger partial charge on any atom is 0.156 e. The van der Waals surface area contributed by atoms with E-state index in [-0.39, 0.29) is 6.67 Å². The van der Waals surface area contributed by atoms with Crippen LogP contribution in [0.3, 0.4) is 0 Å². The van der Waals surface area contributed by atoms with E-state index in [4.69, 9.17) is 5.41 Å². The fourth-order valence-electron chi connectivity index (χ4n) is 0.909. The number of nitrogens with zero attached hydrogens (tertiary/aromatic N) is 1. The molecule has 0 unspecified atom stereocenters. The van der Waals surface area contributed by atoms with Crippen LogP contribution in [-0.4, -0.2) is 35.6 Å². The molecule has 0 aromatic heterocycles. The second kappa shape index (κ2) is 3.81. The standard InChI is InChI=1S/C6H11FN2S/c7-2-1-3-9-4-5-10-6(9)8/h8H,1-5H2. The van der Waals surface area contributed by atoms with Gasteiger partial charge in [-0.05, 0) is 6.42 Å². The molecule has 0 aromatic rings. The molecular weight excluding hydrogens is 151 g/mol. The Bertz CT molecular complexity index is 129. The Hall–Kier alpha value is -0.250. The highest BCUT2D eigenvalue weighted by atomic mass is 32.2. The highest BCUT2D eigenvalue weighted by molar-refractivity contribution is 8.14. The molecule has 0 aromatic carbocycles. The van der Waals surface area contributed by atoms with Crippen molar-refractivity contribution in [2.24, 2.45) is 0 Å². The largest absolute Gasteiger partial charge is 0.351 e. The van der Waals surface area contributed by atoms with Gasteiger partial charge >= 0.3 is 0 Å². The van der Waals surface area contributed by atoms with Gasteiger partial charge in [-0.2, -0.15) is 0 Å². The maximum absolute atomic E-state index is 11.7. The van der Waals surface area contributed by atoms with Crippen LogP contribution in [0, 0.1) is 5.41 Å². The normalized spacial score (nSPS) is 18.5. The molecule has 0 bridgehead atoms. The number of thioether (sulfide) groups is 1. The van der Waals surface area contributed by atoms with E-state index in [9.17, 15) is 4.39 Å². The molecule has 0 radical (unpaired) electrons. The van der Waals surface area contributed by atoms with E-state index < -0.39 is 0 Å². The van der Waals surface area contributed by atoms with Crippen molar-refractivity contribution < 1.29 is 4.39 Å². The third kappa shape index (κ3) is 1.87. The van der Waals surface area contributed by atoms with Crippen LogP contribution in [-0.2, 0) is 0 Å². The maximum atomic E-state index is 11.7. The highest BCUT2D eigenvalue weighted by Gasteiger charge is 2.15. The van der Waals surface area contributed by atoms with E-state index in [1.807, 2.05) is 4.90 Å². The lowest BCUT2D eigenvalue weighted by Crippen LogP contribution is -2.24. The summed E-state index contributed by atoms with van der Waals surface area (Å²) in [5, 5.41) is 7.96. The molecule has 58 valence electrons. The first-order valence-corrected chi connectivity index (χ1v) is 4.35. The molecule has 4 heteroatoms. The summed E-state index contributed by atoms with van der Waals surface area (Å²) in [7, 11) is 0. The van der Waals surface area contributed by atoms with Gasteiger partial charge < -0.3 is 4.90 Å². The summed E-state index contributed by atoms with van der Waals surface area (Å²) in [6, 6.07) is 0. The Morgan fingerprint density at radius 1 is 1.70 bits per heavy atom. The minimum Gasteiger partial charge on any atom is -0.351 e. The molecule has 10 heavy (non-hydrogen) atoms. The lowest BCUT2D eigenvalue weighted by Gasteiger charge is -2.14. The van der Waals surface area contributed by atoms with Crippen LogP contribution in [0.2, 0.25) is 0 Å². The van der Waals surface area contributed by atoms with Crippen molar-refractivity contribution in [3.63, 3.8) is 0 Å². The average Bonchev–Trinajstić information content (AvgIpc) is 2.31. The zero-order valence-corrected chi connectivity index (χ0v) is 6.59. The molecule has 2 nitrogen and oxygen atoms in total. The summed E-state index contributed by atoms with van der Waals surface area (Å²) in [5.74, 6) is 0.991. The van der Waals surface area contributed by atoms with E-state index in [2.05, 4.69) is 0 Å². The minimum absolute atomic E-state index is 0.269. The van der Waals surface area contributed by atoms with Crippen LogP contribution in [0.25, 0.3) is 0 Å². The Morgan fingerprint density at radius 2 is 2.50 bits per heavy atom. The fourth-order valence-corrected chi connectivity index (χ4v) is 1.78. The highest BCUT2D eigenvalue weighted by Crippen LogP contribution is 2.15. The molecule has 0 aliphatic carbocycles. The van der Waals surface area contributed by atoms with Crippen LogP contribution in [0.5, 0.6) is 0 Å². The minimum atomic E-state index is -0.269. The van der Waals surface area contributed by atoms with Gasteiger partial charge in [-0.3, -0.25) is 9.80 Å². The van der Waals surface area contributed by atoms with E-state index in [0.29, 0.717) is 18.1 Å². The third-order valence-electron chi connectivity index (χ3n) is 1.45. The second-order valence-corrected chi connectivity index (χ2v) is 3.27. The Balaban J connectivity index is 2.20. The zero-order chi connectivity index (χ0) is 7.40. The van der Waals surface area contributed by atoms with Gasteiger partial charge in [0.1, 0.15) is 0 Å². The van der Waals surface area contributed by atoms with E-state index in [0.717, 1.165) is 12.3 Å². The number of amidine groups is 1. The molecular formula is C6H11FN2S. The SMILES string of the molecule is N=C1SCCN1CCCF. The monoisotopic (exact) mass is 162 g/mol. The van der Waals surface area contributed by atoms with Crippen molar-refractivity contribution >= 4 is 16.9 Å². The summed E-state index contributed by atoms with van der Waals surface area (Å²) in [6.07, 6.45) is 0.558. The Morgan fingerprint density at radius 3 is 3.00 bits per heavy atom. The van der Waals surface area contributed by atoms with Gasteiger partial charge in [-0.25, -0.2) is 0 Å². The first-order chi connectivity index (χ1) is 4.84. The van der Waals surface area contributed by atoms with E-state index in [1.165, 1.54) is 0 Å². The predicted molar refractivity (Wildman–Crippen MR) is 42.3 cm³/mol. The van der Waals surface area contributed by atoms with Crippen LogP contribution >= 0.6 is 11.8 Å². The summed E-state index contributed by atoms with van der Waals surface area (Å²) in [5.41, 5.74) is 0.